The van der Waals surface area contributed by atoms with Crippen molar-refractivity contribution in [2.45, 2.75) is 12.8 Å². The van der Waals surface area contributed by atoms with Gasteiger partial charge in [-0.05, 0) is 47.2 Å². The second-order valence-electron chi connectivity index (χ2n) is 12.7. The first-order valence-electron chi connectivity index (χ1n) is 17.8. The van der Waals surface area contributed by atoms with Gasteiger partial charge in [-0.3, -0.25) is 0 Å². The zero-order chi connectivity index (χ0) is 36.7. The minimum Gasteiger partial charge on any atom is -0.208 e. The van der Waals surface area contributed by atoms with Gasteiger partial charge in [0.05, 0.1) is 0 Å². The number of hydrogen-bond acceptors (Lipinski definition) is 6. The fourth-order valence-electron chi connectivity index (χ4n) is 6.41. The van der Waals surface area contributed by atoms with E-state index >= 15 is 0 Å². The van der Waals surface area contributed by atoms with Gasteiger partial charge in [0.2, 0.25) is 0 Å². The van der Waals surface area contributed by atoms with E-state index in [1.54, 1.807) is 0 Å². The lowest BCUT2D eigenvalue weighted by Crippen LogP contribution is -2.04. The van der Waals surface area contributed by atoms with E-state index in [4.69, 9.17) is 29.9 Å². The molecule has 0 spiro atoms. The molecule has 8 rings (SSSR count). The van der Waals surface area contributed by atoms with Gasteiger partial charge in [0.25, 0.3) is 0 Å². The van der Waals surface area contributed by atoms with Crippen LogP contribution in [0.3, 0.4) is 0 Å². The summed E-state index contributed by atoms with van der Waals surface area (Å²) in [5.41, 5.74) is 9.77. The quantitative estimate of drug-likeness (QED) is 0.121. The van der Waals surface area contributed by atoms with Crippen LogP contribution >= 0.6 is 31.9 Å². The van der Waals surface area contributed by atoms with Crippen LogP contribution in [0.2, 0.25) is 0 Å². The van der Waals surface area contributed by atoms with Crippen LogP contribution in [0.25, 0.3) is 79.5 Å². The van der Waals surface area contributed by atoms with Crippen LogP contribution in [0, 0.1) is 0 Å². The zero-order valence-corrected chi connectivity index (χ0v) is 32.5. The maximum Gasteiger partial charge on any atom is 0.164 e. The highest BCUT2D eigenvalue weighted by atomic mass is 79.9. The standard InChI is InChI=1S/C46H34Br2N6/c47-27-25-31-21-23-37(39(29-31)45-51-41(33-13-5-1-6-14-33)49-42(52-45)34-15-7-2-8-16-34)38-24-22-32(26-28-48)30-40(38)46-53-43(35-17-9-3-10-18-35)50-44(54-46)36-19-11-4-12-20-36/h1-24,29-30H,25-28H2. The Morgan fingerprint density at radius 1 is 0.296 bits per heavy atom. The maximum atomic E-state index is 5.16. The Hall–Kier alpha value is -5.70. The number of aromatic nitrogens is 6. The molecular formula is C46H34Br2N6. The van der Waals surface area contributed by atoms with Crippen molar-refractivity contribution in [2.24, 2.45) is 0 Å². The van der Waals surface area contributed by atoms with Crippen LogP contribution in [0.4, 0.5) is 0 Å². The fourth-order valence-corrected chi connectivity index (χ4v) is 7.33. The molecular weight excluding hydrogens is 796 g/mol. The molecule has 0 saturated carbocycles. The molecule has 54 heavy (non-hydrogen) atoms. The Labute approximate surface area is 331 Å². The van der Waals surface area contributed by atoms with Gasteiger partial charge < -0.3 is 0 Å². The molecule has 6 aromatic carbocycles. The predicted octanol–water partition coefficient (Wildman–Crippen LogP) is 11.6. The molecule has 262 valence electrons. The molecule has 0 N–H and O–H groups in total. The van der Waals surface area contributed by atoms with Crippen molar-refractivity contribution in [3.8, 4) is 79.5 Å². The average Bonchev–Trinajstić information content (AvgIpc) is 3.25. The van der Waals surface area contributed by atoms with Gasteiger partial charge >= 0.3 is 0 Å². The second-order valence-corrected chi connectivity index (χ2v) is 14.3. The molecule has 2 heterocycles. The van der Waals surface area contributed by atoms with Crippen molar-refractivity contribution in [1.82, 2.24) is 29.9 Å². The van der Waals surface area contributed by atoms with Gasteiger partial charge in [-0.15, -0.1) is 0 Å². The second kappa shape index (κ2) is 16.5. The number of benzene rings is 6. The number of halogens is 2. The van der Waals surface area contributed by atoms with E-state index in [0.29, 0.717) is 34.9 Å². The van der Waals surface area contributed by atoms with Gasteiger partial charge in [0, 0.05) is 44.0 Å². The van der Waals surface area contributed by atoms with Crippen molar-refractivity contribution in [3.05, 3.63) is 169 Å². The number of aryl methyl sites for hydroxylation is 2. The van der Waals surface area contributed by atoms with Gasteiger partial charge in [-0.25, -0.2) is 29.9 Å². The zero-order valence-electron chi connectivity index (χ0n) is 29.3. The van der Waals surface area contributed by atoms with Crippen LogP contribution < -0.4 is 0 Å². The molecule has 0 amide bonds. The Morgan fingerprint density at radius 3 is 0.852 bits per heavy atom. The molecule has 0 aliphatic carbocycles. The summed E-state index contributed by atoms with van der Waals surface area (Å²) in [4.78, 5) is 30.6. The molecule has 0 bridgehead atoms. The van der Waals surface area contributed by atoms with E-state index in [-0.39, 0.29) is 0 Å². The lowest BCUT2D eigenvalue weighted by Gasteiger charge is -2.17. The third kappa shape index (κ3) is 7.81. The molecule has 8 heteroatoms. The summed E-state index contributed by atoms with van der Waals surface area (Å²) in [5.74, 6) is 3.64. The molecule has 0 radical (unpaired) electrons. The fraction of sp³-hybridized carbons (Fsp3) is 0.0870. The van der Waals surface area contributed by atoms with Crippen LogP contribution in [-0.2, 0) is 12.8 Å². The van der Waals surface area contributed by atoms with Gasteiger partial charge in [0.1, 0.15) is 0 Å². The summed E-state index contributed by atoms with van der Waals surface area (Å²) < 4.78 is 0. The van der Waals surface area contributed by atoms with E-state index in [1.165, 1.54) is 11.1 Å². The van der Waals surface area contributed by atoms with Gasteiger partial charge in [-0.1, -0.05) is 177 Å². The molecule has 0 aliphatic rings. The maximum absolute atomic E-state index is 5.16. The van der Waals surface area contributed by atoms with Gasteiger partial charge in [-0.2, -0.15) is 0 Å². The summed E-state index contributed by atoms with van der Waals surface area (Å²) in [5, 5.41) is 1.66. The number of nitrogens with zero attached hydrogens (tertiary/aromatic N) is 6. The van der Waals surface area contributed by atoms with Gasteiger partial charge in [0.15, 0.2) is 34.9 Å². The highest BCUT2D eigenvalue weighted by molar-refractivity contribution is 9.09. The van der Waals surface area contributed by atoms with Crippen molar-refractivity contribution < 1.29 is 0 Å². The lowest BCUT2D eigenvalue weighted by atomic mass is 9.91. The summed E-state index contributed by atoms with van der Waals surface area (Å²) in [6.07, 6.45) is 1.70. The summed E-state index contributed by atoms with van der Waals surface area (Å²) in [6, 6.07) is 53.5. The van der Waals surface area contributed by atoms with E-state index in [2.05, 4.69) is 68.3 Å². The number of hydrogen-bond donors (Lipinski definition) is 0. The van der Waals surface area contributed by atoms with Crippen LogP contribution in [0.5, 0.6) is 0 Å². The summed E-state index contributed by atoms with van der Waals surface area (Å²) in [6.45, 7) is 0. The molecule has 0 atom stereocenters. The van der Waals surface area contributed by atoms with E-state index < -0.39 is 0 Å². The summed E-state index contributed by atoms with van der Waals surface area (Å²) >= 11 is 7.33. The van der Waals surface area contributed by atoms with Crippen molar-refractivity contribution in [1.29, 1.82) is 0 Å². The third-order valence-corrected chi connectivity index (χ3v) is 9.90. The van der Waals surface area contributed by atoms with E-state index in [0.717, 1.165) is 68.0 Å². The van der Waals surface area contributed by atoms with Crippen molar-refractivity contribution in [3.63, 3.8) is 0 Å². The molecule has 6 nitrogen and oxygen atoms in total. The first-order valence-corrected chi connectivity index (χ1v) is 20.0. The monoisotopic (exact) mass is 828 g/mol. The molecule has 0 saturated heterocycles. The highest BCUT2D eigenvalue weighted by Crippen LogP contribution is 2.39. The molecule has 0 aliphatic heterocycles. The largest absolute Gasteiger partial charge is 0.208 e. The Kier molecular flexibility index (Phi) is 10.8. The first-order chi connectivity index (χ1) is 26.7. The number of rotatable bonds is 11. The van der Waals surface area contributed by atoms with Crippen LogP contribution in [0.15, 0.2) is 158 Å². The molecule has 0 fully saturated rings. The van der Waals surface area contributed by atoms with E-state index in [1.807, 2.05) is 121 Å². The third-order valence-electron chi connectivity index (χ3n) is 9.11. The van der Waals surface area contributed by atoms with Crippen LogP contribution in [-0.4, -0.2) is 40.6 Å². The average molecular weight is 831 g/mol. The number of alkyl halides is 2. The minimum absolute atomic E-state index is 0.593. The first kappa shape index (κ1) is 35.3. The minimum atomic E-state index is 0.593. The molecule has 8 aromatic rings. The smallest absolute Gasteiger partial charge is 0.164 e. The highest BCUT2D eigenvalue weighted by Gasteiger charge is 2.21. The van der Waals surface area contributed by atoms with E-state index in [9.17, 15) is 0 Å². The topological polar surface area (TPSA) is 77.3 Å². The molecule has 2 aromatic heterocycles. The van der Waals surface area contributed by atoms with Crippen molar-refractivity contribution in [2.75, 3.05) is 10.7 Å². The summed E-state index contributed by atoms with van der Waals surface area (Å²) in [7, 11) is 0. The normalized spacial score (nSPS) is 11.1. The predicted molar refractivity (Wildman–Crippen MR) is 226 cm³/mol. The Morgan fingerprint density at radius 2 is 0.574 bits per heavy atom. The Balaban J connectivity index is 1.39. The molecule has 0 unspecified atom stereocenters. The SMILES string of the molecule is BrCCc1ccc(-c2ccc(CCBr)cc2-c2nc(-c3ccccc3)nc(-c3ccccc3)n2)c(-c2nc(-c3ccccc3)nc(-c3ccccc3)n2)c1. The Bertz CT molecular complexity index is 2220. The van der Waals surface area contributed by atoms with Crippen molar-refractivity contribution >= 4 is 31.9 Å². The van der Waals surface area contributed by atoms with Crippen LogP contribution in [0.1, 0.15) is 11.1 Å². The lowest BCUT2D eigenvalue weighted by molar-refractivity contribution is 1.07.